The number of amides is 3. The van der Waals surface area contributed by atoms with E-state index >= 15 is 0 Å². The first-order valence-corrected chi connectivity index (χ1v) is 12.9. The fraction of sp³-hybridized carbons (Fsp3) is 0.464. The number of unbranched alkanes of at least 4 members (excludes halogenated alkanes) is 1. The van der Waals surface area contributed by atoms with Gasteiger partial charge in [0.15, 0.2) is 0 Å². The molecule has 194 valence electrons. The van der Waals surface area contributed by atoms with Crippen molar-refractivity contribution in [2.75, 3.05) is 40.8 Å². The number of nitrogens with zero attached hydrogens (tertiary/aromatic N) is 3. The van der Waals surface area contributed by atoms with Crippen molar-refractivity contribution in [2.24, 2.45) is 0 Å². The van der Waals surface area contributed by atoms with Crippen molar-refractivity contribution in [3.63, 3.8) is 0 Å². The molecule has 1 aliphatic heterocycles. The third-order valence-corrected chi connectivity index (χ3v) is 6.84. The van der Waals surface area contributed by atoms with Crippen molar-refractivity contribution < 1.29 is 19.1 Å². The second kappa shape index (κ2) is 13.3. The van der Waals surface area contributed by atoms with Crippen molar-refractivity contribution in [3.05, 3.63) is 64.7 Å². The van der Waals surface area contributed by atoms with Crippen LogP contribution in [-0.2, 0) is 4.79 Å². The first-order chi connectivity index (χ1) is 17.3. The number of fused-ring (bicyclic) bond motifs is 1. The van der Waals surface area contributed by atoms with Gasteiger partial charge in [-0.25, -0.2) is 0 Å². The van der Waals surface area contributed by atoms with E-state index in [9.17, 15) is 14.4 Å². The molecule has 0 aliphatic carbocycles. The average Bonchev–Trinajstić information content (AvgIpc) is 2.89. The molecule has 0 spiro atoms. The Balaban J connectivity index is 1.68. The first kappa shape index (κ1) is 27.5. The molecule has 1 atom stereocenters. The summed E-state index contributed by atoms with van der Waals surface area (Å²) in [5.74, 6) is 0.158. The van der Waals surface area contributed by atoms with Crippen molar-refractivity contribution in [2.45, 2.75) is 44.6 Å². The van der Waals surface area contributed by atoms with Crippen molar-refractivity contribution in [1.29, 1.82) is 0 Å². The number of rotatable bonds is 6. The Morgan fingerprint density at radius 3 is 2.61 bits per heavy atom. The lowest BCUT2D eigenvalue weighted by molar-refractivity contribution is -0.134. The normalized spacial score (nSPS) is 17.4. The quantitative estimate of drug-likeness (QED) is 0.523. The maximum Gasteiger partial charge on any atom is 0.258 e. The van der Waals surface area contributed by atoms with E-state index in [4.69, 9.17) is 16.3 Å². The highest BCUT2D eigenvalue weighted by Crippen LogP contribution is 2.23. The molecule has 2 aromatic rings. The fourth-order valence-corrected chi connectivity index (χ4v) is 4.58. The summed E-state index contributed by atoms with van der Waals surface area (Å²) >= 11 is 6.02. The minimum absolute atomic E-state index is 0.0631. The highest BCUT2D eigenvalue weighted by Gasteiger charge is 2.31. The van der Waals surface area contributed by atoms with E-state index in [1.807, 2.05) is 12.1 Å². The van der Waals surface area contributed by atoms with E-state index in [1.165, 1.54) is 0 Å². The highest BCUT2D eigenvalue weighted by molar-refractivity contribution is 6.30. The summed E-state index contributed by atoms with van der Waals surface area (Å²) in [6.45, 7) is 1.72. The van der Waals surface area contributed by atoms with Crippen LogP contribution in [0.2, 0.25) is 5.02 Å². The molecule has 1 heterocycles. The van der Waals surface area contributed by atoms with E-state index in [2.05, 4.69) is 0 Å². The zero-order valence-electron chi connectivity index (χ0n) is 21.4. The molecular formula is C28H36ClN3O4. The van der Waals surface area contributed by atoms with Crippen LogP contribution in [0.15, 0.2) is 48.5 Å². The molecule has 36 heavy (non-hydrogen) atoms. The molecule has 0 fully saturated rings. The van der Waals surface area contributed by atoms with Crippen LogP contribution in [0.1, 0.15) is 59.2 Å². The van der Waals surface area contributed by atoms with Crippen LogP contribution in [0.3, 0.4) is 0 Å². The number of para-hydroxylation sites is 1. The zero-order chi connectivity index (χ0) is 26.1. The molecule has 3 rings (SSSR count). The highest BCUT2D eigenvalue weighted by atomic mass is 35.5. The Morgan fingerprint density at radius 2 is 1.83 bits per heavy atom. The Labute approximate surface area is 219 Å². The number of hydrogen-bond acceptors (Lipinski definition) is 4. The van der Waals surface area contributed by atoms with Crippen molar-refractivity contribution >= 4 is 29.3 Å². The monoisotopic (exact) mass is 513 g/mol. The molecule has 0 saturated heterocycles. The van der Waals surface area contributed by atoms with Gasteiger partial charge in [-0.1, -0.05) is 29.8 Å². The van der Waals surface area contributed by atoms with Crippen LogP contribution < -0.4 is 4.74 Å². The standard InChI is InChI=1S/C28H36ClN3O4/c1-30(26(33)21-12-11-13-22(29)20-21)18-9-7-15-24-28(35)31(2)17-8-4-10-19-36-25-16-6-5-14-23(25)27(34)32(24)3/h5-6,11-14,16,20,24H,4,7-10,15,17-19H2,1-3H3/t24-/m0/s1. The van der Waals surface area contributed by atoms with Gasteiger partial charge in [0, 0.05) is 44.8 Å². The smallest absolute Gasteiger partial charge is 0.258 e. The molecule has 3 amide bonds. The third kappa shape index (κ3) is 7.23. The Kier molecular flexibility index (Phi) is 10.2. The summed E-state index contributed by atoms with van der Waals surface area (Å²) in [6.07, 6.45) is 4.60. The summed E-state index contributed by atoms with van der Waals surface area (Å²) in [5, 5.41) is 0.523. The lowest BCUT2D eigenvalue weighted by atomic mass is 10.0. The molecule has 0 radical (unpaired) electrons. The van der Waals surface area contributed by atoms with Gasteiger partial charge in [0.1, 0.15) is 11.8 Å². The van der Waals surface area contributed by atoms with Gasteiger partial charge < -0.3 is 19.4 Å². The average molecular weight is 514 g/mol. The van der Waals surface area contributed by atoms with Crippen LogP contribution in [0.5, 0.6) is 5.75 Å². The summed E-state index contributed by atoms with van der Waals surface area (Å²) in [6, 6.07) is 13.5. The number of benzene rings is 2. The van der Waals surface area contributed by atoms with Crippen molar-refractivity contribution in [1.82, 2.24) is 14.7 Å². The molecular weight excluding hydrogens is 478 g/mol. The molecule has 0 saturated carbocycles. The van der Waals surface area contributed by atoms with Gasteiger partial charge in [-0.3, -0.25) is 14.4 Å². The Bertz CT molecular complexity index is 1060. The minimum atomic E-state index is -0.592. The number of ether oxygens (including phenoxy) is 1. The predicted molar refractivity (Wildman–Crippen MR) is 142 cm³/mol. The second-order valence-electron chi connectivity index (χ2n) is 9.33. The molecule has 0 bridgehead atoms. The zero-order valence-corrected chi connectivity index (χ0v) is 22.2. The molecule has 8 heteroatoms. The lowest BCUT2D eigenvalue weighted by Gasteiger charge is -2.31. The van der Waals surface area contributed by atoms with Gasteiger partial charge in [-0.15, -0.1) is 0 Å². The van der Waals surface area contributed by atoms with Crippen LogP contribution in [0, 0.1) is 0 Å². The number of hydrogen-bond donors (Lipinski definition) is 0. The molecule has 0 aromatic heterocycles. The lowest BCUT2D eigenvalue weighted by Crippen LogP contribution is -2.48. The van der Waals surface area contributed by atoms with E-state index in [0.717, 1.165) is 19.3 Å². The van der Waals surface area contributed by atoms with E-state index in [1.54, 1.807) is 72.2 Å². The van der Waals surface area contributed by atoms with Gasteiger partial charge >= 0.3 is 0 Å². The maximum absolute atomic E-state index is 13.4. The third-order valence-electron chi connectivity index (χ3n) is 6.60. The molecule has 1 aliphatic rings. The summed E-state index contributed by atoms with van der Waals surface area (Å²) < 4.78 is 5.91. The second-order valence-corrected chi connectivity index (χ2v) is 9.77. The number of likely N-dealkylation sites (N-methyl/N-ethyl adjacent to an activating group) is 2. The van der Waals surface area contributed by atoms with Crippen LogP contribution in [0.4, 0.5) is 0 Å². The molecule has 0 N–H and O–H groups in total. The maximum atomic E-state index is 13.4. The van der Waals surface area contributed by atoms with E-state index < -0.39 is 6.04 Å². The van der Waals surface area contributed by atoms with Crippen LogP contribution in [-0.4, -0.2) is 79.3 Å². The van der Waals surface area contributed by atoms with Gasteiger partial charge in [0.2, 0.25) is 5.91 Å². The van der Waals surface area contributed by atoms with Gasteiger partial charge in [0.25, 0.3) is 11.8 Å². The number of halogens is 1. The first-order valence-electron chi connectivity index (χ1n) is 12.5. The van der Waals surface area contributed by atoms with E-state index in [-0.39, 0.29) is 17.7 Å². The summed E-state index contributed by atoms with van der Waals surface area (Å²) in [7, 11) is 5.24. The number of carbonyl (C=O) groups excluding carboxylic acids is 3. The van der Waals surface area contributed by atoms with Gasteiger partial charge in [-0.2, -0.15) is 0 Å². The largest absolute Gasteiger partial charge is 0.493 e. The fourth-order valence-electron chi connectivity index (χ4n) is 4.39. The van der Waals surface area contributed by atoms with Gasteiger partial charge in [0.05, 0.1) is 12.2 Å². The summed E-state index contributed by atoms with van der Waals surface area (Å²) in [4.78, 5) is 44.4. The van der Waals surface area contributed by atoms with Crippen LogP contribution in [0.25, 0.3) is 0 Å². The Hall–Kier alpha value is -3.06. The SMILES string of the molecule is CN(CCCC[C@H]1C(=O)N(C)CCCCCOc2ccccc2C(=O)N1C)C(=O)c1cccc(Cl)c1. The van der Waals surface area contributed by atoms with Crippen LogP contribution >= 0.6 is 11.6 Å². The molecule has 2 aromatic carbocycles. The molecule has 7 nitrogen and oxygen atoms in total. The van der Waals surface area contributed by atoms with Gasteiger partial charge in [-0.05, 0) is 68.9 Å². The molecule has 0 unspecified atom stereocenters. The summed E-state index contributed by atoms with van der Waals surface area (Å²) in [5.41, 5.74) is 1.01. The number of carbonyl (C=O) groups is 3. The topological polar surface area (TPSA) is 70.2 Å². The minimum Gasteiger partial charge on any atom is -0.493 e. The predicted octanol–water partition coefficient (Wildman–Crippen LogP) is 4.74. The Morgan fingerprint density at radius 1 is 1.06 bits per heavy atom. The van der Waals surface area contributed by atoms with E-state index in [0.29, 0.717) is 60.9 Å². The van der Waals surface area contributed by atoms with Crippen molar-refractivity contribution in [3.8, 4) is 5.75 Å².